The normalized spacial score (nSPS) is 30.0. The maximum Gasteiger partial charge on any atom is 0.165 e. The fourth-order valence-electron chi connectivity index (χ4n) is 3.54. The van der Waals surface area contributed by atoms with Gasteiger partial charge >= 0.3 is 0 Å². The minimum absolute atomic E-state index is 0.0835. The molecule has 1 heterocycles. The zero-order valence-corrected chi connectivity index (χ0v) is 13.8. The van der Waals surface area contributed by atoms with E-state index in [1.165, 1.54) is 12.8 Å². The van der Waals surface area contributed by atoms with Gasteiger partial charge in [0.2, 0.25) is 0 Å². The topological polar surface area (TPSA) is 15.3 Å². The highest BCUT2D eigenvalue weighted by atomic mass is 35.5. The van der Waals surface area contributed by atoms with Gasteiger partial charge in [0.15, 0.2) is 5.82 Å². The maximum absolute atomic E-state index is 14.5. The number of piperazine rings is 1. The average molecular weight is 311 g/mol. The lowest BCUT2D eigenvalue weighted by Crippen LogP contribution is -2.65. The molecule has 4 heteroatoms. The zero-order valence-electron chi connectivity index (χ0n) is 13.0. The molecule has 2 aliphatic rings. The molecule has 0 aromatic heterocycles. The lowest BCUT2D eigenvalue weighted by molar-refractivity contribution is 0.232. The Morgan fingerprint density at radius 1 is 1.38 bits per heavy atom. The predicted molar refractivity (Wildman–Crippen MR) is 86.5 cm³/mol. The summed E-state index contributed by atoms with van der Waals surface area (Å²) in [5, 5.41) is 3.94. The summed E-state index contributed by atoms with van der Waals surface area (Å²) in [6.07, 6.45) is 2.56. The SMILES string of the molecule is CC(C)C1CNC(C)(C2CC2)CN1c1cccc(Cl)c1F. The largest absolute Gasteiger partial charge is 0.363 e. The van der Waals surface area contributed by atoms with Crippen LogP contribution >= 0.6 is 11.6 Å². The summed E-state index contributed by atoms with van der Waals surface area (Å²) in [6.45, 7) is 8.41. The molecule has 1 aliphatic carbocycles. The summed E-state index contributed by atoms with van der Waals surface area (Å²) >= 11 is 5.99. The summed E-state index contributed by atoms with van der Waals surface area (Å²) < 4.78 is 14.5. The molecule has 3 rings (SSSR count). The highest BCUT2D eigenvalue weighted by Gasteiger charge is 2.46. The first-order valence-corrected chi connectivity index (χ1v) is 8.26. The zero-order chi connectivity index (χ0) is 15.2. The number of benzene rings is 1. The fraction of sp³-hybridized carbons (Fsp3) is 0.647. The van der Waals surface area contributed by atoms with E-state index in [-0.39, 0.29) is 16.4 Å². The molecule has 1 aliphatic heterocycles. The highest BCUT2D eigenvalue weighted by molar-refractivity contribution is 6.31. The van der Waals surface area contributed by atoms with Crippen LogP contribution in [0.15, 0.2) is 18.2 Å². The fourth-order valence-corrected chi connectivity index (χ4v) is 3.71. The lowest BCUT2D eigenvalue weighted by Gasteiger charge is -2.49. The average Bonchev–Trinajstić information content (AvgIpc) is 3.26. The quantitative estimate of drug-likeness (QED) is 0.905. The minimum atomic E-state index is -0.287. The van der Waals surface area contributed by atoms with E-state index in [1.54, 1.807) is 6.07 Å². The van der Waals surface area contributed by atoms with Gasteiger partial charge in [0.25, 0.3) is 0 Å². The molecule has 2 atom stereocenters. The summed E-state index contributed by atoms with van der Waals surface area (Å²) in [7, 11) is 0. The van der Waals surface area contributed by atoms with E-state index in [4.69, 9.17) is 11.6 Å². The van der Waals surface area contributed by atoms with E-state index >= 15 is 0 Å². The Morgan fingerprint density at radius 2 is 2.10 bits per heavy atom. The third-order valence-corrected chi connectivity index (χ3v) is 5.39. The number of nitrogens with zero attached hydrogens (tertiary/aromatic N) is 1. The molecular formula is C17H24ClFN2. The number of anilines is 1. The number of rotatable bonds is 3. The van der Waals surface area contributed by atoms with Crippen molar-refractivity contribution in [3.05, 3.63) is 29.0 Å². The highest BCUT2D eigenvalue weighted by Crippen LogP contribution is 2.43. The van der Waals surface area contributed by atoms with Crippen molar-refractivity contribution < 1.29 is 4.39 Å². The van der Waals surface area contributed by atoms with Crippen LogP contribution in [-0.4, -0.2) is 24.7 Å². The van der Waals surface area contributed by atoms with Crippen LogP contribution in [0.2, 0.25) is 5.02 Å². The van der Waals surface area contributed by atoms with Crippen LogP contribution in [0.5, 0.6) is 0 Å². The van der Waals surface area contributed by atoms with Crippen LogP contribution in [0.4, 0.5) is 10.1 Å². The number of nitrogens with one attached hydrogen (secondary N) is 1. The van der Waals surface area contributed by atoms with Crippen molar-refractivity contribution in [3.8, 4) is 0 Å². The Bertz CT molecular complexity index is 530. The van der Waals surface area contributed by atoms with Crippen molar-refractivity contribution in [1.82, 2.24) is 5.32 Å². The van der Waals surface area contributed by atoms with Gasteiger partial charge in [-0.25, -0.2) is 4.39 Å². The minimum Gasteiger partial charge on any atom is -0.363 e. The molecule has 1 saturated carbocycles. The molecule has 1 N–H and O–H groups in total. The van der Waals surface area contributed by atoms with E-state index in [0.717, 1.165) is 19.0 Å². The van der Waals surface area contributed by atoms with Gasteiger partial charge in [-0.05, 0) is 43.7 Å². The van der Waals surface area contributed by atoms with Gasteiger partial charge in [0.1, 0.15) is 0 Å². The Hall–Kier alpha value is -0.800. The van der Waals surface area contributed by atoms with Gasteiger partial charge in [0.05, 0.1) is 10.7 Å². The van der Waals surface area contributed by atoms with Gasteiger partial charge in [-0.3, -0.25) is 0 Å². The third-order valence-electron chi connectivity index (χ3n) is 5.10. The summed E-state index contributed by atoms with van der Waals surface area (Å²) in [5.41, 5.74) is 0.731. The summed E-state index contributed by atoms with van der Waals surface area (Å²) in [4.78, 5) is 2.24. The number of hydrogen-bond acceptors (Lipinski definition) is 2. The first-order chi connectivity index (χ1) is 9.92. The third kappa shape index (κ3) is 2.78. The standard InChI is InChI=1S/C17H24ClFN2/c1-11(2)15-9-20-17(3,12-7-8-12)10-21(15)14-6-4-5-13(18)16(14)19/h4-6,11-12,15,20H,7-10H2,1-3H3. The predicted octanol–water partition coefficient (Wildman–Crippen LogP) is 4.08. The van der Waals surface area contributed by atoms with Crippen molar-refractivity contribution in [2.24, 2.45) is 11.8 Å². The van der Waals surface area contributed by atoms with Gasteiger partial charge in [-0.1, -0.05) is 31.5 Å². The molecule has 0 bridgehead atoms. The summed E-state index contributed by atoms with van der Waals surface area (Å²) in [6, 6.07) is 5.61. The second kappa shape index (κ2) is 5.44. The first-order valence-electron chi connectivity index (χ1n) is 7.88. The molecule has 2 nitrogen and oxygen atoms in total. The van der Waals surface area contributed by atoms with Crippen LogP contribution in [0.25, 0.3) is 0 Å². The molecule has 21 heavy (non-hydrogen) atoms. The Balaban J connectivity index is 1.95. The molecule has 0 spiro atoms. The van der Waals surface area contributed by atoms with Gasteiger partial charge < -0.3 is 10.2 Å². The Kier molecular flexibility index (Phi) is 3.91. The molecular weight excluding hydrogens is 287 g/mol. The number of halogens is 2. The first kappa shape index (κ1) is 15.1. The molecule has 2 fully saturated rings. The summed E-state index contributed by atoms with van der Waals surface area (Å²) in [5.74, 6) is 0.889. The van der Waals surface area contributed by atoms with Crippen LogP contribution < -0.4 is 10.2 Å². The molecule has 2 unspecified atom stereocenters. The van der Waals surface area contributed by atoms with E-state index in [9.17, 15) is 4.39 Å². The molecule has 1 saturated heterocycles. The second-order valence-corrected chi connectivity index (χ2v) is 7.49. The van der Waals surface area contributed by atoms with Crippen LogP contribution in [0, 0.1) is 17.7 Å². The molecule has 1 aromatic carbocycles. The van der Waals surface area contributed by atoms with Crippen molar-refractivity contribution in [1.29, 1.82) is 0 Å². The van der Waals surface area contributed by atoms with Crippen LogP contribution in [-0.2, 0) is 0 Å². The molecule has 0 radical (unpaired) electrons. The maximum atomic E-state index is 14.5. The lowest BCUT2D eigenvalue weighted by atomic mass is 9.87. The van der Waals surface area contributed by atoms with Gasteiger partial charge in [-0.15, -0.1) is 0 Å². The molecule has 0 amide bonds. The van der Waals surface area contributed by atoms with Crippen LogP contribution in [0.1, 0.15) is 33.6 Å². The van der Waals surface area contributed by atoms with Crippen LogP contribution in [0.3, 0.4) is 0 Å². The smallest absolute Gasteiger partial charge is 0.165 e. The van der Waals surface area contributed by atoms with Gasteiger partial charge in [-0.2, -0.15) is 0 Å². The van der Waals surface area contributed by atoms with E-state index in [2.05, 4.69) is 31.0 Å². The Morgan fingerprint density at radius 3 is 2.71 bits per heavy atom. The van der Waals surface area contributed by atoms with E-state index in [0.29, 0.717) is 17.6 Å². The van der Waals surface area contributed by atoms with Crippen molar-refractivity contribution in [2.45, 2.75) is 45.2 Å². The Labute approximate surface area is 131 Å². The monoisotopic (exact) mass is 310 g/mol. The van der Waals surface area contributed by atoms with Crippen molar-refractivity contribution >= 4 is 17.3 Å². The second-order valence-electron chi connectivity index (χ2n) is 7.08. The number of hydrogen-bond donors (Lipinski definition) is 1. The van der Waals surface area contributed by atoms with Gasteiger partial charge in [0, 0.05) is 24.7 Å². The van der Waals surface area contributed by atoms with E-state index in [1.807, 2.05) is 12.1 Å². The van der Waals surface area contributed by atoms with Crippen molar-refractivity contribution in [3.63, 3.8) is 0 Å². The van der Waals surface area contributed by atoms with E-state index < -0.39 is 0 Å². The van der Waals surface area contributed by atoms with Crippen molar-refractivity contribution in [2.75, 3.05) is 18.0 Å². The molecule has 1 aromatic rings. The molecule has 116 valence electrons.